The van der Waals surface area contributed by atoms with Gasteiger partial charge in [-0.3, -0.25) is 4.79 Å². The van der Waals surface area contributed by atoms with Gasteiger partial charge in [0.05, 0.1) is 12.1 Å². The number of amides is 1. The lowest BCUT2D eigenvalue weighted by Gasteiger charge is -2.08. The SMILES string of the molecule is O=C(NCCOc1ccc(F)cc1)c1ccc(F)cc1F. The smallest absolute Gasteiger partial charge is 0.254 e. The number of halogens is 3. The van der Waals surface area contributed by atoms with Gasteiger partial charge in [-0.25, -0.2) is 13.2 Å². The molecular formula is C15H12F3NO2. The summed E-state index contributed by atoms with van der Waals surface area (Å²) in [7, 11) is 0. The first-order chi connectivity index (χ1) is 10.1. The summed E-state index contributed by atoms with van der Waals surface area (Å²) in [6, 6.07) is 8.13. The lowest BCUT2D eigenvalue weighted by Crippen LogP contribution is -2.28. The van der Waals surface area contributed by atoms with E-state index >= 15 is 0 Å². The molecule has 0 fully saturated rings. The van der Waals surface area contributed by atoms with Crippen LogP contribution in [0, 0.1) is 17.5 Å². The normalized spacial score (nSPS) is 10.2. The molecule has 2 aromatic rings. The summed E-state index contributed by atoms with van der Waals surface area (Å²) in [5.41, 5.74) is -0.238. The standard InChI is InChI=1S/C15H12F3NO2/c16-10-1-4-12(5-2-10)21-8-7-19-15(20)13-6-3-11(17)9-14(13)18/h1-6,9H,7-8H2,(H,19,20). The van der Waals surface area contributed by atoms with Gasteiger partial charge in [-0.05, 0) is 36.4 Å². The van der Waals surface area contributed by atoms with Crippen molar-refractivity contribution in [2.45, 2.75) is 0 Å². The van der Waals surface area contributed by atoms with Gasteiger partial charge in [0.25, 0.3) is 5.91 Å². The van der Waals surface area contributed by atoms with Crippen molar-refractivity contribution in [2.75, 3.05) is 13.2 Å². The van der Waals surface area contributed by atoms with Gasteiger partial charge < -0.3 is 10.1 Å². The largest absolute Gasteiger partial charge is 0.492 e. The van der Waals surface area contributed by atoms with Crippen LogP contribution in [0.3, 0.4) is 0 Å². The monoisotopic (exact) mass is 295 g/mol. The topological polar surface area (TPSA) is 38.3 Å². The highest BCUT2D eigenvalue weighted by molar-refractivity contribution is 5.94. The van der Waals surface area contributed by atoms with Crippen molar-refractivity contribution < 1.29 is 22.7 Å². The maximum Gasteiger partial charge on any atom is 0.254 e. The summed E-state index contributed by atoms with van der Waals surface area (Å²) in [4.78, 5) is 11.7. The predicted octanol–water partition coefficient (Wildman–Crippen LogP) is 2.91. The molecule has 0 bridgehead atoms. The summed E-state index contributed by atoms with van der Waals surface area (Å²) in [6.07, 6.45) is 0. The Kier molecular flexibility index (Phi) is 4.81. The van der Waals surface area contributed by atoms with E-state index < -0.39 is 17.5 Å². The summed E-state index contributed by atoms with van der Waals surface area (Å²) < 4.78 is 44.0. The van der Waals surface area contributed by atoms with Crippen molar-refractivity contribution in [2.24, 2.45) is 0 Å². The van der Waals surface area contributed by atoms with Gasteiger partial charge in [-0.2, -0.15) is 0 Å². The molecule has 0 saturated heterocycles. The fourth-order valence-corrected chi connectivity index (χ4v) is 1.63. The molecule has 2 aromatic carbocycles. The Balaban J connectivity index is 1.80. The highest BCUT2D eigenvalue weighted by atomic mass is 19.1. The molecule has 0 unspecified atom stereocenters. The molecular weight excluding hydrogens is 283 g/mol. The van der Waals surface area contributed by atoms with Crippen molar-refractivity contribution in [1.29, 1.82) is 0 Å². The van der Waals surface area contributed by atoms with E-state index in [4.69, 9.17) is 4.74 Å². The van der Waals surface area contributed by atoms with Gasteiger partial charge >= 0.3 is 0 Å². The Morgan fingerprint density at radius 1 is 1.00 bits per heavy atom. The molecule has 0 radical (unpaired) electrons. The summed E-state index contributed by atoms with van der Waals surface area (Å²) in [5, 5.41) is 2.44. The van der Waals surface area contributed by atoms with Crippen LogP contribution in [0.1, 0.15) is 10.4 Å². The van der Waals surface area contributed by atoms with Crippen LogP contribution in [0.4, 0.5) is 13.2 Å². The zero-order chi connectivity index (χ0) is 15.2. The second-order valence-electron chi connectivity index (χ2n) is 4.18. The van der Waals surface area contributed by atoms with Crippen LogP contribution in [-0.4, -0.2) is 19.1 Å². The van der Waals surface area contributed by atoms with Crippen LogP contribution < -0.4 is 10.1 Å². The van der Waals surface area contributed by atoms with Crippen molar-refractivity contribution in [1.82, 2.24) is 5.32 Å². The molecule has 0 aliphatic carbocycles. The molecule has 6 heteroatoms. The van der Waals surface area contributed by atoms with Crippen LogP contribution in [0.15, 0.2) is 42.5 Å². The van der Waals surface area contributed by atoms with E-state index in [9.17, 15) is 18.0 Å². The quantitative estimate of drug-likeness (QED) is 0.861. The molecule has 1 N–H and O–H groups in total. The van der Waals surface area contributed by atoms with Crippen molar-refractivity contribution in [3.63, 3.8) is 0 Å². The molecule has 21 heavy (non-hydrogen) atoms. The number of carbonyl (C=O) groups excluding carboxylic acids is 1. The Morgan fingerprint density at radius 2 is 1.67 bits per heavy atom. The summed E-state index contributed by atoms with van der Waals surface area (Å²) in [5.74, 6) is -2.24. The number of carbonyl (C=O) groups is 1. The fraction of sp³-hybridized carbons (Fsp3) is 0.133. The number of nitrogens with one attached hydrogen (secondary N) is 1. The number of hydrogen-bond acceptors (Lipinski definition) is 2. The Bertz CT molecular complexity index is 629. The maximum atomic E-state index is 13.3. The number of rotatable bonds is 5. The Hall–Kier alpha value is -2.50. The summed E-state index contributed by atoms with van der Waals surface area (Å²) >= 11 is 0. The minimum Gasteiger partial charge on any atom is -0.492 e. The lowest BCUT2D eigenvalue weighted by molar-refractivity contribution is 0.0943. The Morgan fingerprint density at radius 3 is 2.33 bits per heavy atom. The van der Waals surface area contributed by atoms with Gasteiger partial charge in [0.1, 0.15) is 29.8 Å². The van der Waals surface area contributed by atoms with E-state index in [0.29, 0.717) is 11.8 Å². The van der Waals surface area contributed by atoms with Crippen LogP contribution in [0.25, 0.3) is 0 Å². The van der Waals surface area contributed by atoms with Gasteiger partial charge in [-0.15, -0.1) is 0 Å². The first-order valence-corrected chi connectivity index (χ1v) is 6.18. The molecule has 0 saturated carbocycles. The van der Waals surface area contributed by atoms with E-state index in [1.807, 2.05) is 0 Å². The van der Waals surface area contributed by atoms with Crippen LogP contribution in [-0.2, 0) is 0 Å². The third-order valence-corrected chi connectivity index (χ3v) is 2.65. The van der Waals surface area contributed by atoms with Crippen molar-refractivity contribution >= 4 is 5.91 Å². The van der Waals surface area contributed by atoms with Gasteiger partial charge in [-0.1, -0.05) is 0 Å². The predicted molar refractivity (Wildman–Crippen MR) is 70.6 cm³/mol. The molecule has 3 nitrogen and oxygen atoms in total. The maximum absolute atomic E-state index is 13.3. The molecule has 0 aliphatic heterocycles. The van der Waals surface area contributed by atoms with Crippen LogP contribution >= 0.6 is 0 Å². The van der Waals surface area contributed by atoms with Gasteiger partial charge in [0, 0.05) is 6.07 Å². The second kappa shape index (κ2) is 6.78. The highest BCUT2D eigenvalue weighted by Crippen LogP contribution is 2.11. The second-order valence-corrected chi connectivity index (χ2v) is 4.18. The average Bonchev–Trinajstić information content (AvgIpc) is 2.45. The number of ether oxygens (including phenoxy) is 1. The summed E-state index contributed by atoms with van der Waals surface area (Å²) in [6.45, 7) is 0.271. The zero-order valence-corrected chi connectivity index (χ0v) is 10.9. The van der Waals surface area contributed by atoms with Crippen LogP contribution in [0.2, 0.25) is 0 Å². The number of hydrogen-bond donors (Lipinski definition) is 1. The van der Waals surface area contributed by atoms with Gasteiger partial charge in [0.15, 0.2) is 0 Å². The minimum atomic E-state index is -0.924. The Labute approximate surface area is 119 Å². The number of benzene rings is 2. The zero-order valence-electron chi connectivity index (χ0n) is 10.9. The molecule has 0 heterocycles. The lowest BCUT2D eigenvalue weighted by atomic mass is 10.2. The molecule has 0 spiro atoms. The van der Waals surface area contributed by atoms with Crippen molar-refractivity contribution in [3.05, 3.63) is 65.5 Å². The van der Waals surface area contributed by atoms with Gasteiger partial charge in [0.2, 0.25) is 0 Å². The molecule has 2 rings (SSSR count). The van der Waals surface area contributed by atoms with E-state index in [2.05, 4.69) is 5.32 Å². The van der Waals surface area contributed by atoms with E-state index in [-0.39, 0.29) is 24.5 Å². The molecule has 1 amide bonds. The van der Waals surface area contributed by atoms with Crippen LogP contribution in [0.5, 0.6) is 5.75 Å². The molecule has 110 valence electrons. The molecule has 0 atom stereocenters. The first-order valence-electron chi connectivity index (χ1n) is 6.18. The van der Waals surface area contributed by atoms with E-state index in [1.54, 1.807) is 0 Å². The minimum absolute atomic E-state index is 0.132. The fourth-order valence-electron chi connectivity index (χ4n) is 1.63. The highest BCUT2D eigenvalue weighted by Gasteiger charge is 2.11. The van der Waals surface area contributed by atoms with E-state index in [0.717, 1.165) is 12.1 Å². The van der Waals surface area contributed by atoms with Crippen molar-refractivity contribution in [3.8, 4) is 5.75 Å². The average molecular weight is 295 g/mol. The third-order valence-electron chi connectivity index (χ3n) is 2.65. The molecule has 0 aliphatic rings. The first kappa shape index (κ1) is 14.9. The molecule has 0 aromatic heterocycles. The third kappa shape index (κ3) is 4.24. The van der Waals surface area contributed by atoms with E-state index in [1.165, 1.54) is 24.3 Å².